The molecule has 74 valence electrons. The Labute approximate surface area is 86.6 Å². The molecule has 1 aromatic heterocycles. The molecule has 1 heterocycles. The zero-order valence-corrected chi connectivity index (χ0v) is 9.28. The van der Waals surface area contributed by atoms with Crippen LogP contribution in [0.15, 0.2) is 12.1 Å². The largest absolute Gasteiger partial charge is 0.241 e. The molecule has 0 saturated carbocycles. The number of benzene rings is 1. The molecule has 1 aromatic carbocycles. The Bertz CT molecular complexity index is 473. The lowest BCUT2D eigenvalue weighted by molar-refractivity contribution is 0.640. The summed E-state index contributed by atoms with van der Waals surface area (Å²) in [5, 5.41) is 0.923. The fourth-order valence-corrected chi connectivity index (χ4v) is 2.43. The van der Waals surface area contributed by atoms with Gasteiger partial charge in [-0.05, 0) is 24.5 Å². The van der Waals surface area contributed by atoms with Crippen molar-refractivity contribution in [3.05, 3.63) is 28.5 Å². The highest BCUT2D eigenvalue weighted by Crippen LogP contribution is 2.30. The van der Waals surface area contributed by atoms with Gasteiger partial charge in [0.25, 0.3) is 0 Å². The molecule has 1 nitrogen and oxygen atoms in total. The number of rotatable bonds is 1. The zero-order valence-electron chi connectivity index (χ0n) is 8.47. The first-order valence-electron chi connectivity index (χ1n) is 4.65. The van der Waals surface area contributed by atoms with Crippen LogP contribution in [0.5, 0.6) is 0 Å². The molecule has 0 aliphatic carbocycles. The van der Waals surface area contributed by atoms with E-state index in [-0.39, 0.29) is 5.82 Å². The van der Waals surface area contributed by atoms with Gasteiger partial charge in [-0.2, -0.15) is 0 Å². The van der Waals surface area contributed by atoms with Crippen molar-refractivity contribution >= 4 is 21.6 Å². The molecular formula is C11H12FNS. The average Bonchev–Trinajstić information content (AvgIpc) is 2.47. The number of aromatic nitrogens is 1. The smallest absolute Gasteiger partial charge is 0.142 e. The van der Waals surface area contributed by atoms with Crippen LogP contribution in [0.1, 0.15) is 30.3 Å². The molecule has 0 bridgehead atoms. The third-order valence-electron chi connectivity index (χ3n) is 2.26. The number of thiazole rings is 1. The monoisotopic (exact) mass is 209 g/mol. The molecule has 0 N–H and O–H groups in total. The molecule has 0 aliphatic heterocycles. The fourth-order valence-electron chi connectivity index (χ4n) is 1.57. The Morgan fingerprint density at radius 1 is 1.36 bits per heavy atom. The summed E-state index contributed by atoms with van der Waals surface area (Å²) in [5.74, 6) is 0.231. The molecule has 2 aromatic rings. The second-order valence-electron chi connectivity index (χ2n) is 3.70. The predicted octanol–water partition coefficient (Wildman–Crippen LogP) is 3.87. The van der Waals surface area contributed by atoms with Crippen LogP contribution < -0.4 is 0 Å². The molecule has 0 unspecified atom stereocenters. The minimum Gasteiger partial charge on any atom is -0.241 e. The lowest BCUT2D eigenvalue weighted by Crippen LogP contribution is -1.90. The Morgan fingerprint density at radius 2 is 2.07 bits per heavy atom. The first-order valence-corrected chi connectivity index (χ1v) is 5.46. The standard InChI is InChI=1S/C11H12FNS/c1-6(2)8-4-5-9(12)11-10(8)13-7(3)14-11/h4-6H,1-3H3. The van der Waals surface area contributed by atoms with E-state index in [1.165, 1.54) is 17.4 Å². The van der Waals surface area contributed by atoms with Crippen LogP contribution in [0.2, 0.25) is 0 Å². The third kappa shape index (κ3) is 1.42. The van der Waals surface area contributed by atoms with Crippen molar-refractivity contribution in [2.45, 2.75) is 26.7 Å². The van der Waals surface area contributed by atoms with Gasteiger partial charge < -0.3 is 0 Å². The molecule has 3 heteroatoms. The summed E-state index contributed by atoms with van der Waals surface area (Å²) in [6, 6.07) is 3.37. The molecule has 0 fully saturated rings. The SMILES string of the molecule is Cc1nc2c(C(C)C)ccc(F)c2s1. The number of hydrogen-bond donors (Lipinski definition) is 0. The van der Waals surface area contributed by atoms with Crippen molar-refractivity contribution in [3.8, 4) is 0 Å². The summed E-state index contributed by atoms with van der Waals surface area (Å²) >= 11 is 1.42. The summed E-state index contributed by atoms with van der Waals surface area (Å²) in [4.78, 5) is 4.37. The van der Waals surface area contributed by atoms with Crippen LogP contribution >= 0.6 is 11.3 Å². The van der Waals surface area contributed by atoms with Crippen molar-refractivity contribution in [3.63, 3.8) is 0 Å². The van der Waals surface area contributed by atoms with E-state index in [1.807, 2.05) is 13.0 Å². The number of halogens is 1. The van der Waals surface area contributed by atoms with E-state index in [9.17, 15) is 4.39 Å². The van der Waals surface area contributed by atoms with Crippen molar-refractivity contribution < 1.29 is 4.39 Å². The van der Waals surface area contributed by atoms with Gasteiger partial charge in [-0.1, -0.05) is 19.9 Å². The van der Waals surface area contributed by atoms with Crippen LogP contribution in [-0.2, 0) is 0 Å². The van der Waals surface area contributed by atoms with Crippen molar-refractivity contribution in [2.24, 2.45) is 0 Å². The summed E-state index contributed by atoms with van der Waals surface area (Å²) in [7, 11) is 0. The number of aryl methyl sites for hydroxylation is 1. The molecule has 0 aliphatic rings. The van der Waals surface area contributed by atoms with E-state index in [1.54, 1.807) is 0 Å². The van der Waals surface area contributed by atoms with Gasteiger partial charge in [-0.3, -0.25) is 0 Å². The normalized spacial score (nSPS) is 11.5. The quantitative estimate of drug-likeness (QED) is 0.694. The second kappa shape index (κ2) is 3.31. The predicted molar refractivity (Wildman–Crippen MR) is 58.4 cm³/mol. The molecular weight excluding hydrogens is 197 g/mol. The highest BCUT2D eigenvalue weighted by Gasteiger charge is 2.12. The molecule has 0 radical (unpaired) electrons. The number of fused-ring (bicyclic) bond motifs is 1. The van der Waals surface area contributed by atoms with E-state index in [0.717, 1.165) is 16.1 Å². The summed E-state index contributed by atoms with van der Waals surface area (Å²) < 4.78 is 14.1. The third-order valence-corrected chi connectivity index (χ3v) is 3.23. The molecule has 0 amide bonds. The lowest BCUT2D eigenvalue weighted by atomic mass is 10.0. The molecule has 2 rings (SSSR count). The van der Waals surface area contributed by atoms with E-state index < -0.39 is 0 Å². The van der Waals surface area contributed by atoms with Gasteiger partial charge in [-0.25, -0.2) is 9.37 Å². The average molecular weight is 209 g/mol. The molecule has 0 spiro atoms. The zero-order chi connectivity index (χ0) is 10.3. The molecule has 0 atom stereocenters. The fraction of sp³-hybridized carbons (Fsp3) is 0.364. The Hall–Kier alpha value is -0.960. The van der Waals surface area contributed by atoms with E-state index in [0.29, 0.717) is 10.6 Å². The molecule has 0 saturated heterocycles. The topological polar surface area (TPSA) is 12.9 Å². The summed E-state index contributed by atoms with van der Waals surface area (Å²) in [5.41, 5.74) is 1.97. The second-order valence-corrected chi connectivity index (χ2v) is 4.91. The minimum atomic E-state index is -0.157. The number of hydrogen-bond acceptors (Lipinski definition) is 2. The Kier molecular flexibility index (Phi) is 2.27. The van der Waals surface area contributed by atoms with Crippen LogP contribution in [0.3, 0.4) is 0 Å². The first kappa shape index (κ1) is 9.59. The van der Waals surface area contributed by atoms with Crippen LogP contribution in [0.4, 0.5) is 4.39 Å². The van der Waals surface area contributed by atoms with E-state index >= 15 is 0 Å². The van der Waals surface area contributed by atoms with Gasteiger partial charge in [0.15, 0.2) is 0 Å². The van der Waals surface area contributed by atoms with Crippen molar-refractivity contribution in [1.82, 2.24) is 4.98 Å². The summed E-state index contributed by atoms with van der Waals surface area (Å²) in [6.07, 6.45) is 0. The minimum absolute atomic E-state index is 0.157. The maximum atomic E-state index is 13.4. The maximum Gasteiger partial charge on any atom is 0.142 e. The highest BCUT2D eigenvalue weighted by atomic mass is 32.1. The van der Waals surface area contributed by atoms with Crippen LogP contribution in [0, 0.1) is 12.7 Å². The van der Waals surface area contributed by atoms with Gasteiger partial charge in [0.2, 0.25) is 0 Å². The Balaban J connectivity index is 2.81. The first-order chi connectivity index (χ1) is 6.59. The van der Waals surface area contributed by atoms with Gasteiger partial charge in [-0.15, -0.1) is 11.3 Å². The van der Waals surface area contributed by atoms with Gasteiger partial charge in [0.1, 0.15) is 5.82 Å². The molecule has 14 heavy (non-hydrogen) atoms. The van der Waals surface area contributed by atoms with E-state index in [4.69, 9.17) is 0 Å². The maximum absolute atomic E-state index is 13.4. The van der Waals surface area contributed by atoms with Gasteiger partial charge in [0.05, 0.1) is 15.2 Å². The Morgan fingerprint density at radius 3 is 2.71 bits per heavy atom. The number of nitrogens with zero attached hydrogens (tertiary/aromatic N) is 1. The van der Waals surface area contributed by atoms with Crippen molar-refractivity contribution in [1.29, 1.82) is 0 Å². The summed E-state index contributed by atoms with van der Waals surface area (Å²) in [6.45, 7) is 6.11. The highest BCUT2D eigenvalue weighted by molar-refractivity contribution is 7.18. The van der Waals surface area contributed by atoms with Crippen LogP contribution in [0.25, 0.3) is 10.2 Å². The van der Waals surface area contributed by atoms with Crippen LogP contribution in [-0.4, -0.2) is 4.98 Å². The van der Waals surface area contributed by atoms with Gasteiger partial charge >= 0.3 is 0 Å². The van der Waals surface area contributed by atoms with Gasteiger partial charge in [0, 0.05) is 0 Å². The van der Waals surface area contributed by atoms with E-state index in [2.05, 4.69) is 18.8 Å². The lowest BCUT2D eigenvalue weighted by Gasteiger charge is -2.05. The van der Waals surface area contributed by atoms with Crippen molar-refractivity contribution in [2.75, 3.05) is 0 Å².